The smallest absolute Gasteiger partial charge is 0.334 e. The normalized spacial score (nSPS) is 22.5. The van der Waals surface area contributed by atoms with Crippen LogP contribution in [-0.4, -0.2) is 111 Å². The molecule has 0 saturated carbocycles. The van der Waals surface area contributed by atoms with Crippen LogP contribution in [0.25, 0.3) is 0 Å². The Labute approximate surface area is 430 Å². The van der Waals surface area contributed by atoms with E-state index in [2.05, 4.69) is 101 Å². The molecule has 71 heavy (non-hydrogen) atoms. The van der Waals surface area contributed by atoms with Crippen LogP contribution in [0.1, 0.15) is 169 Å². The van der Waals surface area contributed by atoms with E-state index < -0.39 is 8.32 Å². The van der Waals surface area contributed by atoms with Crippen LogP contribution in [0.5, 0.6) is 0 Å². The Balaban J connectivity index is 1.12. The van der Waals surface area contributed by atoms with E-state index in [0.717, 1.165) is 83.5 Å². The third-order valence-corrected chi connectivity index (χ3v) is 19.8. The predicted molar refractivity (Wildman–Crippen MR) is 285 cm³/mol. The van der Waals surface area contributed by atoms with Crippen molar-refractivity contribution in [2.75, 3.05) is 41.7 Å². The zero-order chi connectivity index (χ0) is 50.7. The third-order valence-electron chi connectivity index (χ3n) is 14.7. The predicted octanol–water partition coefficient (Wildman–Crippen LogP) is 12.1. The van der Waals surface area contributed by atoms with Gasteiger partial charge < -0.3 is 47.1 Å². The average molecular weight is 1010 g/mol. The molecule has 11 nitrogen and oxygen atoms in total. The summed E-state index contributed by atoms with van der Waals surface area (Å²) in [4.78, 5) is 12.9. The highest BCUT2D eigenvalue weighted by molar-refractivity contribution is 6.99. The van der Waals surface area contributed by atoms with Gasteiger partial charge in [-0.25, -0.2) is 4.79 Å². The number of allylic oxidation sites excluding steroid dienone is 2. The lowest BCUT2D eigenvalue weighted by molar-refractivity contribution is -0.165. The van der Waals surface area contributed by atoms with E-state index in [9.17, 15) is 4.79 Å². The van der Waals surface area contributed by atoms with Gasteiger partial charge in [-0.1, -0.05) is 152 Å². The lowest BCUT2D eigenvalue weighted by atomic mass is 9.98. The Morgan fingerprint density at radius 1 is 0.634 bits per heavy atom. The first-order valence-electron chi connectivity index (χ1n) is 27.5. The van der Waals surface area contributed by atoms with Crippen molar-refractivity contribution < 1.29 is 51.9 Å². The SMILES string of the molecule is CCCCCCCCCC[C@@H](OCOC)[C@H]1CC[C@H]([C@@H](CC[C@H](OCOC)[C@@H]2CC[C@@H](CCC/C=C/CC[C@H](CC3=C[C@H](C)OC3=O)O[Si](c3ccccc3)(c3ccccc3)C(C)(C)C)O2)OCOC)O1. The van der Waals surface area contributed by atoms with Crippen molar-refractivity contribution in [1.82, 2.24) is 0 Å². The molecule has 2 aromatic rings. The zero-order valence-corrected chi connectivity index (χ0v) is 46.2. The Bertz CT molecular complexity index is 1750. The van der Waals surface area contributed by atoms with Gasteiger partial charge in [-0.2, -0.15) is 0 Å². The molecule has 0 aromatic heterocycles. The van der Waals surface area contributed by atoms with Gasteiger partial charge in [0.1, 0.15) is 26.5 Å². The summed E-state index contributed by atoms with van der Waals surface area (Å²) in [6.07, 6.45) is 27.8. The molecule has 0 amide bonds. The van der Waals surface area contributed by atoms with Crippen molar-refractivity contribution in [2.24, 2.45) is 0 Å². The summed E-state index contributed by atoms with van der Waals surface area (Å²) in [5, 5.41) is 2.29. The molecule has 0 radical (unpaired) electrons. The number of carbonyl (C=O) groups is 1. The van der Waals surface area contributed by atoms with Gasteiger partial charge in [0.2, 0.25) is 0 Å². The summed E-state index contributed by atoms with van der Waals surface area (Å²) in [6.45, 7) is 11.8. The highest BCUT2D eigenvalue weighted by Gasteiger charge is 2.51. The molecule has 2 saturated heterocycles. The molecule has 9 atom stereocenters. The summed E-state index contributed by atoms with van der Waals surface area (Å²) in [7, 11) is 2.18. The first-order chi connectivity index (χ1) is 34.5. The zero-order valence-electron chi connectivity index (χ0n) is 45.2. The minimum Gasteiger partial charge on any atom is -0.455 e. The number of rotatable bonds is 37. The molecule has 2 aromatic carbocycles. The molecule has 0 aliphatic carbocycles. The minimum atomic E-state index is -2.84. The molecule has 400 valence electrons. The minimum absolute atomic E-state index is 0.00527. The molecule has 0 bridgehead atoms. The van der Waals surface area contributed by atoms with Crippen LogP contribution in [0, 0.1) is 0 Å². The fraction of sp³-hybridized carbons (Fsp3) is 0.712. The van der Waals surface area contributed by atoms with Crippen molar-refractivity contribution in [3.05, 3.63) is 84.5 Å². The Morgan fingerprint density at radius 2 is 1.14 bits per heavy atom. The quantitative estimate of drug-likeness (QED) is 0.0212. The lowest BCUT2D eigenvalue weighted by Gasteiger charge is -2.45. The van der Waals surface area contributed by atoms with E-state index in [4.69, 9.17) is 47.1 Å². The molecule has 3 aliphatic heterocycles. The van der Waals surface area contributed by atoms with Crippen LogP contribution < -0.4 is 10.4 Å². The van der Waals surface area contributed by atoms with Gasteiger partial charge in [-0.3, -0.25) is 0 Å². The molecular formula is C59H94O11Si. The highest BCUT2D eigenvalue weighted by Crippen LogP contribution is 2.39. The molecule has 0 unspecified atom stereocenters. The molecule has 0 spiro atoms. The number of methoxy groups -OCH3 is 3. The fourth-order valence-corrected chi connectivity index (χ4v) is 15.7. The summed E-state index contributed by atoms with van der Waals surface area (Å²) >= 11 is 0. The maximum Gasteiger partial charge on any atom is 0.334 e. The molecule has 3 heterocycles. The molecule has 12 heteroatoms. The lowest BCUT2D eigenvalue weighted by Crippen LogP contribution is -2.67. The standard InChI is InChI=1S/C59H94O11Si/c1-9-10-11-12-13-14-18-27-34-52(64-43-61-6)56-39-40-57(69-56)54(66-45-63-8)38-37-53(65-44-62-7)55-36-35-48(68-55)28-21-16-15-17-22-29-49(42-47-41-46(2)67-58(47)60)70-71(59(3,4)5,50-30-23-19-24-31-50)51-32-25-20-26-33-51/h15,17,19-20,23-26,30-33,41,46,48-49,52-57H,9-14,16,18,21-22,27-29,34-40,42-45H2,1-8H3/b17-15+/t46-,48+,49+,52+,53-,54+,55-,56+,57+/m0/s1. The van der Waals surface area contributed by atoms with Gasteiger partial charge in [-0.05, 0) is 105 Å². The van der Waals surface area contributed by atoms with Crippen molar-refractivity contribution in [1.29, 1.82) is 0 Å². The maximum atomic E-state index is 12.9. The Kier molecular flexibility index (Phi) is 27.1. The monoisotopic (exact) mass is 1010 g/mol. The summed E-state index contributed by atoms with van der Waals surface area (Å²) < 4.78 is 61.6. The Morgan fingerprint density at radius 3 is 1.66 bits per heavy atom. The van der Waals surface area contributed by atoms with E-state index in [1.165, 1.54) is 55.3 Å². The number of hydrogen-bond donors (Lipinski definition) is 0. The van der Waals surface area contributed by atoms with E-state index in [1.54, 1.807) is 21.3 Å². The number of carbonyl (C=O) groups excluding carboxylic acids is 1. The van der Waals surface area contributed by atoms with Crippen LogP contribution in [0.2, 0.25) is 5.04 Å². The number of ether oxygens (including phenoxy) is 9. The van der Waals surface area contributed by atoms with Crippen molar-refractivity contribution in [3.63, 3.8) is 0 Å². The number of cyclic esters (lactones) is 1. The van der Waals surface area contributed by atoms with E-state index in [-0.39, 0.29) is 86.3 Å². The fourth-order valence-electron chi connectivity index (χ4n) is 11.0. The molecule has 5 rings (SSSR count). The highest BCUT2D eigenvalue weighted by atomic mass is 28.4. The first-order valence-corrected chi connectivity index (χ1v) is 29.4. The van der Waals surface area contributed by atoms with Crippen molar-refractivity contribution in [2.45, 2.75) is 229 Å². The van der Waals surface area contributed by atoms with Gasteiger partial charge in [0.05, 0.1) is 48.8 Å². The van der Waals surface area contributed by atoms with Crippen LogP contribution >= 0.6 is 0 Å². The molecule has 2 fully saturated rings. The third kappa shape index (κ3) is 19.2. The Hall–Kier alpha value is -2.75. The average Bonchev–Trinajstić information content (AvgIpc) is 4.13. The number of hydrogen-bond acceptors (Lipinski definition) is 11. The van der Waals surface area contributed by atoms with Crippen molar-refractivity contribution >= 4 is 24.7 Å². The first kappa shape index (κ1) is 59.1. The van der Waals surface area contributed by atoms with Gasteiger partial charge in [0.25, 0.3) is 8.32 Å². The maximum absolute atomic E-state index is 12.9. The van der Waals surface area contributed by atoms with E-state index in [1.807, 2.05) is 13.0 Å². The van der Waals surface area contributed by atoms with Gasteiger partial charge >= 0.3 is 5.97 Å². The van der Waals surface area contributed by atoms with Crippen LogP contribution in [0.15, 0.2) is 84.5 Å². The van der Waals surface area contributed by atoms with Gasteiger partial charge in [0.15, 0.2) is 0 Å². The van der Waals surface area contributed by atoms with E-state index in [0.29, 0.717) is 12.0 Å². The second kappa shape index (κ2) is 32.5. The summed E-state index contributed by atoms with van der Waals surface area (Å²) in [6, 6.07) is 21.5. The largest absolute Gasteiger partial charge is 0.455 e. The van der Waals surface area contributed by atoms with Crippen LogP contribution in [-0.2, 0) is 51.9 Å². The van der Waals surface area contributed by atoms with Gasteiger partial charge in [-0.15, -0.1) is 0 Å². The molecule has 0 N–H and O–H groups in total. The summed E-state index contributed by atoms with van der Waals surface area (Å²) in [5.41, 5.74) is 0.715. The van der Waals surface area contributed by atoms with E-state index >= 15 is 0 Å². The second-order valence-corrected chi connectivity index (χ2v) is 25.5. The molecule has 3 aliphatic rings. The molecular weight excluding hydrogens is 913 g/mol. The number of benzene rings is 2. The van der Waals surface area contributed by atoms with Crippen molar-refractivity contribution in [3.8, 4) is 0 Å². The summed E-state index contributed by atoms with van der Waals surface area (Å²) in [5.74, 6) is -0.230. The van der Waals surface area contributed by atoms with Crippen LogP contribution in [0.3, 0.4) is 0 Å². The van der Waals surface area contributed by atoms with Crippen LogP contribution in [0.4, 0.5) is 0 Å². The number of unbranched alkanes of at least 4 members (excludes halogenated alkanes) is 8. The van der Waals surface area contributed by atoms with Gasteiger partial charge in [0, 0.05) is 33.3 Å². The number of esters is 1. The second-order valence-electron chi connectivity index (χ2n) is 21.2. The topological polar surface area (TPSA) is 109 Å².